The van der Waals surface area contributed by atoms with Gasteiger partial charge in [0.2, 0.25) is 0 Å². The summed E-state index contributed by atoms with van der Waals surface area (Å²) in [6.07, 6.45) is 77.2. The Morgan fingerprint density at radius 1 is 0.309 bits per heavy atom. The third-order valence-corrected chi connectivity index (χ3v) is 10.9. The van der Waals surface area contributed by atoms with E-state index in [2.05, 4.69) is 154 Å². The highest BCUT2D eigenvalue weighted by Crippen LogP contribution is 2.12. The van der Waals surface area contributed by atoms with Gasteiger partial charge in [0.05, 0.1) is 0 Å². The van der Waals surface area contributed by atoms with Crippen molar-refractivity contribution in [3.63, 3.8) is 0 Å². The standard InChI is InChI=1S/C62H98O6/c1-4-7-10-13-16-19-22-25-28-30-31-33-34-37-40-43-46-49-52-55-61(64)67-58-59(57-66-60(63)54-51-48-45-42-39-36-27-24-21-18-15-12-9-6-3)68-62(65)56-53-50-47-44-41-38-35-32-29-26-23-20-17-14-11-8-5-2/h7-8,10-11,15-20,24-29,31,33,35,37-38,40,59H,4-6,9,12-14,21-23,30,32,34,36,39,41-58H2,1-3H3/b10-7-,11-8-,18-15-,19-16-,20-17-,27-24-,28-25-,29-26-,33-31-,38-35-,40-37-. The Bertz CT molecular complexity index is 1500. The molecule has 0 aromatic carbocycles. The summed E-state index contributed by atoms with van der Waals surface area (Å²) in [4.78, 5) is 38.1. The van der Waals surface area contributed by atoms with Gasteiger partial charge in [-0.25, -0.2) is 0 Å². The van der Waals surface area contributed by atoms with Crippen molar-refractivity contribution in [2.75, 3.05) is 13.2 Å². The molecule has 0 N–H and O–H groups in total. The zero-order chi connectivity index (χ0) is 49.3. The van der Waals surface area contributed by atoms with E-state index in [0.717, 1.165) is 161 Å². The van der Waals surface area contributed by atoms with E-state index in [1.165, 1.54) is 19.3 Å². The Balaban J connectivity index is 4.54. The van der Waals surface area contributed by atoms with Gasteiger partial charge in [-0.3, -0.25) is 14.4 Å². The fraction of sp³-hybridized carbons (Fsp3) is 0.597. The molecule has 0 bridgehead atoms. The van der Waals surface area contributed by atoms with Crippen molar-refractivity contribution in [1.82, 2.24) is 0 Å². The van der Waals surface area contributed by atoms with E-state index < -0.39 is 6.10 Å². The maximum atomic E-state index is 12.8. The lowest BCUT2D eigenvalue weighted by atomic mass is 10.1. The van der Waals surface area contributed by atoms with E-state index in [0.29, 0.717) is 12.8 Å². The van der Waals surface area contributed by atoms with Crippen LogP contribution < -0.4 is 0 Å². The van der Waals surface area contributed by atoms with Gasteiger partial charge in [0.25, 0.3) is 0 Å². The summed E-state index contributed by atoms with van der Waals surface area (Å²) in [5.74, 6) is -0.988. The molecule has 382 valence electrons. The van der Waals surface area contributed by atoms with Crippen molar-refractivity contribution >= 4 is 17.9 Å². The summed E-state index contributed by atoms with van der Waals surface area (Å²) in [5, 5.41) is 0. The fourth-order valence-electron chi connectivity index (χ4n) is 6.83. The van der Waals surface area contributed by atoms with Gasteiger partial charge in [0, 0.05) is 19.3 Å². The quantitative estimate of drug-likeness (QED) is 0.0262. The van der Waals surface area contributed by atoms with Crippen LogP contribution in [0.15, 0.2) is 134 Å². The highest BCUT2D eigenvalue weighted by atomic mass is 16.6. The molecule has 0 spiro atoms. The fourth-order valence-corrected chi connectivity index (χ4v) is 6.83. The van der Waals surface area contributed by atoms with Crippen LogP contribution in [-0.2, 0) is 28.6 Å². The molecule has 0 aliphatic heterocycles. The molecule has 0 heterocycles. The summed E-state index contributed by atoms with van der Waals surface area (Å²) in [7, 11) is 0. The van der Waals surface area contributed by atoms with Gasteiger partial charge in [-0.1, -0.05) is 206 Å². The highest BCUT2D eigenvalue weighted by Gasteiger charge is 2.19. The Labute approximate surface area is 417 Å². The summed E-state index contributed by atoms with van der Waals surface area (Å²) < 4.78 is 16.8. The number of ether oxygens (including phenoxy) is 3. The molecule has 68 heavy (non-hydrogen) atoms. The van der Waals surface area contributed by atoms with Crippen molar-refractivity contribution in [1.29, 1.82) is 0 Å². The Morgan fingerprint density at radius 2 is 0.574 bits per heavy atom. The smallest absolute Gasteiger partial charge is 0.306 e. The third kappa shape index (κ3) is 52.5. The second-order valence-electron chi connectivity index (χ2n) is 17.4. The summed E-state index contributed by atoms with van der Waals surface area (Å²) in [6, 6.07) is 0. The monoisotopic (exact) mass is 939 g/mol. The first kappa shape index (κ1) is 63.5. The van der Waals surface area contributed by atoms with E-state index >= 15 is 0 Å². The van der Waals surface area contributed by atoms with Gasteiger partial charge < -0.3 is 14.2 Å². The highest BCUT2D eigenvalue weighted by molar-refractivity contribution is 5.71. The van der Waals surface area contributed by atoms with Crippen LogP contribution in [0.5, 0.6) is 0 Å². The normalized spacial score (nSPS) is 13.2. The average Bonchev–Trinajstić information content (AvgIpc) is 3.34. The van der Waals surface area contributed by atoms with Crippen LogP contribution in [0.1, 0.15) is 220 Å². The van der Waals surface area contributed by atoms with E-state index in [9.17, 15) is 14.4 Å². The van der Waals surface area contributed by atoms with Crippen molar-refractivity contribution < 1.29 is 28.6 Å². The first-order valence-corrected chi connectivity index (χ1v) is 27.2. The van der Waals surface area contributed by atoms with Gasteiger partial charge in [-0.15, -0.1) is 0 Å². The minimum Gasteiger partial charge on any atom is -0.462 e. The minimum absolute atomic E-state index is 0.111. The molecule has 0 aromatic rings. The molecule has 0 radical (unpaired) electrons. The molecule has 0 aromatic heterocycles. The maximum Gasteiger partial charge on any atom is 0.306 e. The van der Waals surface area contributed by atoms with Crippen LogP contribution in [0.4, 0.5) is 0 Å². The first-order valence-electron chi connectivity index (χ1n) is 27.2. The predicted molar refractivity (Wildman–Crippen MR) is 292 cm³/mol. The van der Waals surface area contributed by atoms with Gasteiger partial charge in [-0.2, -0.15) is 0 Å². The van der Waals surface area contributed by atoms with Gasteiger partial charge in [-0.05, 0) is 128 Å². The number of unbranched alkanes of at least 4 members (excludes halogenated alkanes) is 14. The van der Waals surface area contributed by atoms with Crippen LogP contribution in [0.2, 0.25) is 0 Å². The van der Waals surface area contributed by atoms with Crippen molar-refractivity contribution in [2.24, 2.45) is 0 Å². The van der Waals surface area contributed by atoms with E-state index in [1.54, 1.807) is 0 Å². The summed E-state index contributed by atoms with van der Waals surface area (Å²) >= 11 is 0. The lowest BCUT2D eigenvalue weighted by Crippen LogP contribution is -2.30. The maximum absolute atomic E-state index is 12.8. The molecule has 1 atom stereocenters. The lowest BCUT2D eigenvalue weighted by molar-refractivity contribution is -0.167. The first-order chi connectivity index (χ1) is 33.5. The lowest BCUT2D eigenvalue weighted by Gasteiger charge is -2.18. The van der Waals surface area contributed by atoms with Gasteiger partial charge >= 0.3 is 17.9 Å². The van der Waals surface area contributed by atoms with E-state index in [1.807, 2.05) is 0 Å². The molecule has 6 heteroatoms. The van der Waals surface area contributed by atoms with Crippen molar-refractivity contribution in [3.05, 3.63) is 134 Å². The molecule has 1 unspecified atom stereocenters. The number of rotatable bonds is 47. The SMILES string of the molecule is CC/C=C\C/C=C\C/C=C\C/C=C\C/C=C\CCCCCC(=O)OCC(COC(=O)CCCCCCC/C=C\C/C=C\CCCC)OC(=O)CCCCCC/C=C\C/C=C\C/C=C\C/C=C\CC. The number of carbonyl (C=O) groups is 3. The van der Waals surface area contributed by atoms with Crippen molar-refractivity contribution in [3.8, 4) is 0 Å². The molecule has 0 aliphatic rings. The predicted octanol–water partition coefficient (Wildman–Crippen LogP) is 18.3. The second kappa shape index (κ2) is 55.1. The molecule has 0 aliphatic carbocycles. The van der Waals surface area contributed by atoms with Crippen LogP contribution in [0.25, 0.3) is 0 Å². The summed E-state index contributed by atoms with van der Waals surface area (Å²) in [6.45, 7) is 6.29. The minimum atomic E-state index is -0.816. The molecule has 0 amide bonds. The van der Waals surface area contributed by atoms with Gasteiger partial charge in [0.1, 0.15) is 13.2 Å². The number of carbonyl (C=O) groups excluding carboxylic acids is 3. The third-order valence-electron chi connectivity index (χ3n) is 10.9. The number of hydrogen-bond acceptors (Lipinski definition) is 6. The van der Waals surface area contributed by atoms with E-state index in [-0.39, 0.29) is 37.5 Å². The molecule has 6 nitrogen and oxygen atoms in total. The molecule has 0 saturated heterocycles. The van der Waals surface area contributed by atoms with Crippen LogP contribution in [0, 0.1) is 0 Å². The largest absolute Gasteiger partial charge is 0.462 e. The van der Waals surface area contributed by atoms with Crippen LogP contribution in [0.3, 0.4) is 0 Å². The number of allylic oxidation sites excluding steroid dienone is 22. The molecule has 0 fully saturated rings. The number of esters is 3. The molecular weight excluding hydrogens is 841 g/mol. The Hall–Kier alpha value is -4.45. The summed E-state index contributed by atoms with van der Waals surface area (Å²) in [5.41, 5.74) is 0. The van der Waals surface area contributed by atoms with Crippen LogP contribution >= 0.6 is 0 Å². The average molecular weight is 939 g/mol. The van der Waals surface area contributed by atoms with E-state index in [4.69, 9.17) is 14.2 Å². The molecule has 0 rings (SSSR count). The molecule has 0 saturated carbocycles. The van der Waals surface area contributed by atoms with Gasteiger partial charge in [0.15, 0.2) is 6.10 Å². The van der Waals surface area contributed by atoms with Crippen molar-refractivity contribution in [2.45, 2.75) is 226 Å². The Kier molecular flexibility index (Phi) is 51.5. The van der Waals surface area contributed by atoms with Crippen LogP contribution in [-0.4, -0.2) is 37.2 Å². The Morgan fingerprint density at radius 3 is 0.912 bits per heavy atom. The second-order valence-corrected chi connectivity index (χ2v) is 17.4. The zero-order valence-electron chi connectivity index (χ0n) is 43.6. The number of hydrogen-bond donors (Lipinski definition) is 0. The molecular formula is C62H98O6. The topological polar surface area (TPSA) is 78.9 Å². The zero-order valence-corrected chi connectivity index (χ0v) is 43.6.